The molecule has 0 amide bonds. The molecule has 0 spiro atoms. The lowest BCUT2D eigenvalue weighted by Crippen LogP contribution is -1.94. The number of rotatable bonds is 2. The molecule has 1 N–H and O–H groups in total. The highest BCUT2D eigenvalue weighted by Crippen LogP contribution is 2.24. The Hall–Kier alpha value is -0.940. The highest BCUT2D eigenvalue weighted by molar-refractivity contribution is 9.10. The van der Waals surface area contributed by atoms with E-state index in [0.29, 0.717) is 5.69 Å². The van der Waals surface area contributed by atoms with Crippen molar-refractivity contribution in [3.05, 3.63) is 51.4 Å². The van der Waals surface area contributed by atoms with Gasteiger partial charge in [-0.25, -0.2) is 4.39 Å². The zero-order chi connectivity index (χ0) is 11.5. The molecule has 2 rings (SSSR count). The van der Waals surface area contributed by atoms with Crippen molar-refractivity contribution in [2.24, 2.45) is 0 Å². The van der Waals surface area contributed by atoms with Gasteiger partial charge in [-0.05, 0) is 40.2 Å². The Bertz CT molecular complexity index is 517. The molecule has 5 heteroatoms. The van der Waals surface area contributed by atoms with Crippen molar-refractivity contribution in [3.63, 3.8) is 0 Å². The summed E-state index contributed by atoms with van der Waals surface area (Å²) in [5.74, 6) is -0.303. The van der Waals surface area contributed by atoms with Gasteiger partial charge in [-0.2, -0.15) is 0 Å². The second kappa shape index (κ2) is 4.93. The van der Waals surface area contributed by atoms with Gasteiger partial charge < -0.3 is 5.32 Å². The fraction of sp³-hybridized carbons (Fsp3) is 0. The van der Waals surface area contributed by atoms with Crippen molar-refractivity contribution in [3.8, 4) is 0 Å². The summed E-state index contributed by atoms with van der Waals surface area (Å²) in [6.07, 6.45) is 3.30. The monoisotopic (exact) mass is 344 g/mol. The second-order valence-corrected chi connectivity index (χ2v) is 4.97. The van der Waals surface area contributed by atoms with Gasteiger partial charge in [-0.15, -0.1) is 0 Å². The highest BCUT2D eigenvalue weighted by Gasteiger charge is 2.03. The van der Waals surface area contributed by atoms with Gasteiger partial charge in [0.1, 0.15) is 5.82 Å². The number of halogens is 3. The van der Waals surface area contributed by atoms with Gasteiger partial charge in [0.05, 0.1) is 17.6 Å². The van der Waals surface area contributed by atoms with Crippen LogP contribution < -0.4 is 5.32 Å². The van der Waals surface area contributed by atoms with Crippen LogP contribution in [0.5, 0.6) is 0 Å². The molecule has 82 valence electrons. The van der Waals surface area contributed by atoms with Crippen LogP contribution in [0.2, 0.25) is 0 Å². The van der Waals surface area contributed by atoms with Gasteiger partial charge in [0.25, 0.3) is 0 Å². The SMILES string of the molecule is Fc1ccc(Br)cc1Nc1cncc(Br)c1. The van der Waals surface area contributed by atoms with Crippen LogP contribution in [0.25, 0.3) is 0 Å². The third-order valence-corrected chi connectivity index (χ3v) is 2.84. The van der Waals surface area contributed by atoms with Crippen LogP contribution in [0.1, 0.15) is 0 Å². The summed E-state index contributed by atoms with van der Waals surface area (Å²) < 4.78 is 15.1. The van der Waals surface area contributed by atoms with Crippen LogP contribution in [0.3, 0.4) is 0 Å². The maximum absolute atomic E-state index is 13.4. The lowest BCUT2D eigenvalue weighted by molar-refractivity contribution is 0.631. The molecule has 2 aromatic rings. The topological polar surface area (TPSA) is 24.9 Å². The molecular formula is C11H7Br2FN2. The van der Waals surface area contributed by atoms with Crippen LogP contribution in [0.4, 0.5) is 15.8 Å². The number of nitrogens with one attached hydrogen (secondary N) is 1. The second-order valence-electron chi connectivity index (χ2n) is 3.14. The van der Waals surface area contributed by atoms with E-state index >= 15 is 0 Å². The number of nitrogens with zero attached hydrogens (tertiary/aromatic N) is 1. The fourth-order valence-electron chi connectivity index (χ4n) is 1.23. The van der Waals surface area contributed by atoms with E-state index in [2.05, 4.69) is 42.2 Å². The van der Waals surface area contributed by atoms with E-state index in [9.17, 15) is 4.39 Å². The minimum Gasteiger partial charge on any atom is -0.352 e. The minimum atomic E-state index is -0.303. The quantitative estimate of drug-likeness (QED) is 0.867. The predicted molar refractivity (Wildman–Crippen MR) is 69.3 cm³/mol. The zero-order valence-electron chi connectivity index (χ0n) is 8.05. The summed E-state index contributed by atoms with van der Waals surface area (Å²) in [7, 11) is 0. The van der Waals surface area contributed by atoms with Gasteiger partial charge in [0.15, 0.2) is 0 Å². The molecule has 0 radical (unpaired) electrons. The molecule has 0 saturated carbocycles. The molecule has 0 unspecified atom stereocenters. The maximum atomic E-state index is 13.4. The lowest BCUT2D eigenvalue weighted by Gasteiger charge is -2.07. The Labute approximate surface area is 109 Å². The van der Waals surface area contributed by atoms with E-state index in [1.54, 1.807) is 24.5 Å². The molecular weight excluding hydrogens is 339 g/mol. The summed E-state index contributed by atoms with van der Waals surface area (Å²) in [6.45, 7) is 0. The standard InChI is InChI=1S/C11H7Br2FN2/c12-7-1-2-10(14)11(4-7)16-9-3-8(13)5-15-6-9/h1-6,16H. The van der Waals surface area contributed by atoms with Gasteiger partial charge in [0.2, 0.25) is 0 Å². The van der Waals surface area contributed by atoms with E-state index in [-0.39, 0.29) is 5.82 Å². The molecule has 0 aliphatic rings. The van der Waals surface area contributed by atoms with E-state index in [4.69, 9.17) is 0 Å². The third kappa shape index (κ3) is 2.80. The first-order valence-corrected chi connectivity index (χ1v) is 6.06. The molecule has 0 atom stereocenters. The summed E-state index contributed by atoms with van der Waals surface area (Å²) in [4.78, 5) is 3.99. The van der Waals surface area contributed by atoms with E-state index in [1.165, 1.54) is 6.07 Å². The lowest BCUT2D eigenvalue weighted by atomic mass is 10.3. The van der Waals surface area contributed by atoms with Crippen molar-refractivity contribution >= 4 is 43.2 Å². The Balaban J connectivity index is 2.30. The van der Waals surface area contributed by atoms with Crippen molar-refractivity contribution in [1.82, 2.24) is 4.98 Å². The molecule has 0 bridgehead atoms. The first-order chi connectivity index (χ1) is 7.65. The summed E-state index contributed by atoms with van der Waals surface area (Å²) in [5, 5.41) is 2.96. The Morgan fingerprint density at radius 1 is 1.06 bits per heavy atom. The number of hydrogen-bond acceptors (Lipinski definition) is 2. The van der Waals surface area contributed by atoms with Crippen LogP contribution in [-0.4, -0.2) is 4.98 Å². The van der Waals surface area contributed by atoms with Crippen molar-refractivity contribution < 1.29 is 4.39 Å². The molecule has 1 heterocycles. The van der Waals surface area contributed by atoms with E-state index < -0.39 is 0 Å². The number of hydrogen-bond donors (Lipinski definition) is 1. The molecule has 0 aliphatic carbocycles. The van der Waals surface area contributed by atoms with Gasteiger partial charge in [-0.1, -0.05) is 15.9 Å². The van der Waals surface area contributed by atoms with Crippen molar-refractivity contribution in [2.45, 2.75) is 0 Å². The average molecular weight is 346 g/mol. The molecule has 16 heavy (non-hydrogen) atoms. The largest absolute Gasteiger partial charge is 0.352 e. The van der Waals surface area contributed by atoms with E-state index in [1.807, 2.05) is 6.07 Å². The maximum Gasteiger partial charge on any atom is 0.146 e. The Morgan fingerprint density at radius 2 is 1.88 bits per heavy atom. The summed E-state index contributed by atoms with van der Waals surface area (Å²) in [6, 6.07) is 6.56. The van der Waals surface area contributed by atoms with Crippen LogP contribution >= 0.6 is 31.9 Å². The van der Waals surface area contributed by atoms with Crippen molar-refractivity contribution in [2.75, 3.05) is 5.32 Å². The van der Waals surface area contributed by atoms with Gasteiger partial charge in [-0.3, -0.25) is 4.98 Å². The summed E-state index contributed by atoms with van der Waals surface area (Å²) in [5.41, 5.74) is 1.14. The summed E-state index contributed by atoms with van der Waals surface area (Å²) >= 11 is 6.60. The number of anilines is 2. The number of benzene rings is 1. The first-order valence-electron chi connectivity index (χ1n) is 4.48. The smallest absolute Gasteiger partial charge is 0.146 e. The van der Waals surface area contributed by atoms with Gasteiger partial charge >= 0.3 is 0 Å². The van der Waals surface area contributed by atoms with Crippen molar-refractivity contribution in [1.29, 1.82) is 0 Å². The zero-order valence-corrected chi connectivity index (χ0v) is 11.2. The molecule has 0 saturated heterocycles. The van der Waals surface area contributed by atoms with Gasteiger partial charge in [0, 0.05) is 15.1 Å². The van der Waals surface area contributed by atoms with Crippen LogP contribution in [0.15, 0.2) is 45.6 Å². The highest BCUT2D eigenvalue weighted by atomic mass is 79.9. The minimum absolute atomic E-state index is 0.303. The molecule has 2 nitrogen and oxygen atoms in total. The van der Waals surface area contributed by atoms with Crippen LogP contribution in [0, 0.1) is 5.82 Å². The molecule has 0 fully saturated rings. The average Bonchev–Trinajstić information content (AvgIpc) is 2.24. The van der Waals surface area contributed by atoms with Crippen LogP contribution in [-0.2, 0) is 0 Å². The number of aromatic nitrogens is 1. The predicted octanol–water partition coefficient (Wildman–Crippen LogP) is 4.49. The Kier molecular flexibility index (Phi) is 3.56. The Morgan fingerprint density at radius 3 is 2.62 bits per heavy atom. The molecule has 1 aromatic heterocycles. The first kappa shape index (κ1) is 11.5. The molecule has 0 aliphatic heterocycles. The normalized spacial score (nSPS) is 10.2. The molecule has 1 aromatic carbocycles. The number of pyridine rings is 1. The third-order valence-electron chi connectivity index (χ3n) is 1.91. The van der Waals surface area contributed by atoms with E-state index in [0.717, 1.165) is 14.6 Å². The fourth-order valence-corrected chi connectivity index (χ4v) is 1.95.